The van der Waals surface area contributed by atoms with Gasteiger partial charge in [-0.2, -0.15) is 0 Å². The van der Waals surface area contributed by atoms with Crippen LogP contribution in [-0.4, -0.2) is 21.8 Å². The Morgan fingerprint density at radius 2 is 2.42 bits per heavy atom. The van der Waals surface area contributed by atoms with Crippen molar-refractivity contribution in [2.24, 2.45) is 0 Å². The second-order valence-corrected chi connectivity index (χ2v) is 5.71. The zero-order chi connectivity index (χ0) is 13.1. The molecule has 0 aliphatic carbocycles. The molecule has 0 amide bonds. The van der Waals surface area contributed by atoms with E-state index < -0.39 is 0 Å². The van der Waals surface area contributed by atoms with Gasteiger partial charge in [0.1, 0.15) is 5.82 Å². The quantitative estimate of drug-likeness (QED) is 0.932. The standard InChI is InChI=1S/C14H16FN3S/c15-12-3-1-2-11-13(4-9-19-14(11)12)17-6-8-18-7-5-16-10-18/h1-3,5,7,10,13,17H,4,6,8-9H2. The molecule has 1 aromatic heterocycles. The fraction of sp³-hybridized carbons (Fsp3) is 0.357. The molecule has 0 fully saturated rings. The van der Waals surface area contributed by atoms with Crippen molar-refractivity contribution in [3.63, 3.8) is 0 Å². The van der Waals surface area contributed by atoms with E-state index in [1.165, 1.54) is 0 Å². The summed E-state index contributed by atoms with van der Waals surface area (Å²) in [7, 11) is 0. The van der Waals surface area contributed by atoms with Gasteiger partial charge in [0.05, 0.1) is 6.33 Å². The molecule has 1 aliphatic heterocycles. The van der Waals surface area contributed by atoms with Crippen LogP contribution in [0.15, 0.2) is 41.8 Å². The van der Waals surface area contributed by atoms with Crippen LogP contribution in [-0.2, 0) is 6.54 Å². The lowest BCUT2D eigenvalue weighted by molar-refractivity contribution is 0.477. The molecule has 3 rings (SSSR count). The van der Waals surface area contributed by atoms with Gasteiger partial charge in [0.25, 0.3) is 0 Å². The maximum absolute atomic E-state index is 13.7. The topological polar surface area (TPSA) is 29.9 Å². The van der Waals surface area contributed by atoms with Crippen LogP contribution in [0.1, 0.15) is 18.0 Å². The Hall–Kier alpha value is -1.33. The molecule has 100 valence electrons. The number of nitrogens with zero attached hydrogens (tertiary/aromatic N) is 2. The van der Waals surface area contributed by atoms with Gasteiger partial charge in [-0.3, -0.25) is 0 Å². The van der Waals surface area contributed by atoms with E-state index in [4.69, 9.17) is 0 Å². The predicted octanol–water partition coefficient (Wildman–Crippen LogP) is 2.85. The highest BCUT2D eigenvalue weighted by atomic mass is 32.2. The van der Waals surface area contributed by atoms with Crippen LogP contribution >= 0.6 is 11.8 Å². The average Bonchev–Trinajstić information content (AvgIpc) is 2.93. The Labute approximate surface area is 116 Å². The zero-order valence-electron chi connectivity index (χ0n) is 10.6. The summed E-state index contributed by atoms with van der Waals surface area (Å²) in [5, 5.41) is 3.51. The number of aromatic nitrogens is 2. The van der Waals surface area contributed by atoms with E-state index in [1.807, 2.05) is 23.2 Å². The lowest BCUT2D eigenvalue weighted by Crippen LogP contribution is -2.27. The van der Waals surface area contributed by atoms with Gasteiger partial charge < -0.3 is 9.88 Å². The number of benzene rings is 1. The summed E-state index contributed by atoms with van der Waals surface area (Å²) < 4.78 is 15.8. The van der Waals surface area contributed by atoms with Crippen molar-refractivity contribution in [3.05, 3.63) is 48.3 Å². The van der Waals surface area contributed by atoms with Gasteiger partial charge in [0.2, 0.25) is 0 Å². The lowest BCUT2D eigenvalue weighted by Gasteiger charge is -2.26. The van der Waals surface area contributed by atoms with Crippen LogP contribution in [0.3, 0.4) is 0 Å². The summed E-state index contributed by atoms with van der Waals surface area (Å²) in [6.07, 6.45) is 6.59. The maximum atomic E-state index is 13.7. The van der Waals surface area contributed by atoms with Crippen LogP contribution < -0.4 is 5.32 Å². The van der Waals surface area contributed by atoms with Crippen LogP contribution in [0.2, 0.25) is 0 Å². The molecule has 1 aromatic carbocycles. The Morgan fingerprint density at radius 3 is 3.26 bits per heavy atom. The molecule has 1 atom stereocenters. The van der Waals surface area contributed by atoms with Crippen LogP contribution in [0.5, 0.6) is 0 Å². The highest BCUT2D eigenvalue weighted by Crippen LogP contribution is 2.37. The number of hydrogen-bond acceptors (Lipinski definition) is 3. The lowest BCUT2D eigenvalue weighted by atomic mass is 10.0. The molecular formula is C14H16FN3S. The molecule has 3 nitrogen and oxygen atoms in total. The fourth-order valence-electron chi connectivity index (χ4n) is 2.39. The van der Waals surface area contributed by atoms with E-state index in [9.17, 15) is 4.39 Å². The molecule has 0 radical (unpaired) electrons. The summed E-state index contributed by atoms with van der Waals surface area (Å²) in [5.41, 5.74) is 1.10. The summed E-state index contributed by atoms with van der Waals surface area (Å²) in [4.78, 5) is 4.83. The van der Waals surface area contributed by atoms with Crippen molar-refractivity contribution in [2.75, 3.05) is 12.3 Å². The molecule has 0 saturated heterocycles. The number of halogens is 1. The van der Waals surface area contributed by atoms with Gasteiger partial charge in [0.15, 0.2) is 0 Å². The average molecular weight is 277 g/mol. The van der Waals surface area contributed by atoms with Crippen LogP contribution in [0, 0.1) is 5.82 Å². The van der Waals surface area contributed by atoms with Gasteiger partial charge in [-0.05, 0) is 23.8 Å². The molecule has 2 heterocycles. The van der Waals surface area contributed by atoms with E-state index in [-0.39, 0.29) is 11.9 Å². The highest BCUT2D eigenvalue weighted by molar-refractivity contribution is 7.99. The first-order valence-electron chi connectivity index (χ1n) is 6.45. The molecule has 0 saturated carbocycles. The Balaban J connectivity index is 1.65. The molecule has 19 heavy (non-hydrogen) atoms. The summed E-state index contributed by atoms with van der Waals surface area (Å²) >= 11 is 1.62. The third kappa shape index (κ3) is 2.82. The Bertz CT molecular complexity index is 542. The number of imidazole rings is 1. The summed E-state index contributed by atoms with van der Waals surface area (Å²) in [6, 6.07) is 5.62. The fourth-order valence-corrected chi connectivity index (χ4v) is 3.53. The van der Waals surface area contributed by atoms with Gasteiger partial charge in [-0.1, -0.05) is 12.1 Å². The third-order valence-electron chi connectivity index (χ3n) is 3.35. The molecular weight excluding hydrogens is 261 g/mol. The summed E-state index contributed by atoms with van der Waals surface area (Å²) in [6.45, 7) is 1.75. The Morgan fingerprint density at radius 1 is 1.47 bits per heavy atom. The normalized spacial score (nSPS) is 18.3. The highest BCUT2D eigenvalue weighted by Gasteiger charge is 2.22. The van der Waals surface area contributed by atoms with Crippen molar-refractivity contribution in [2.45, 2.75) is 23.9 Å². The van der Waals surface area contributed by atoms with E-state index >= 15 is 0 Å². The first-order chi connectivity index (χ1) is 9.34. The zero-order valence-corrected chi connectivity index (χ0v) is 11.4. The maximum Gasteiger partial charge on any atom is 0.137 e. The third-order valence-corrected chi connectivity index (χ3v) is 4.50. The second-order valence-electron chi connectivity index (χ2n) is 4.60. The molecule has 1 aliphatic rings. The van der Waals surface area contributed by atoms with Gasteiger partial charge in [-0.25, -0.2) is 9.37 Å². The second kappa shape index (κ2) is 5.75. The van der Waals surface area contributed by atoms with Gasteiger partial charge >= 0.3 is 0 Å². The van der Waals surface area contributed by atoms with E-state index in [1.54, 1.807) is 30.1 Å². The van der Waals surface area contributed by atoms with Crippen LogP contribution in [0.25, 0.3) is 0 Å². The molecule has 1 unspecified atom stereocenters. The van der Waals surface area contributed by atoms with Crippen molar-refractivity contribution >= 4 is 11.8 Å². The number of nitrogens with one attached hydrogen (secondary N) is 1. The van der Waals surface area contributed by atoms with Crippen molar-refractivity contribution in [1.82, 2.24) is 14.9 Å². The minimum Gasteiger partial charge on any atom is -0.336 e. The molecule has 0 bridgehead atoms. The van der Waals surface area contributed by atoms with Gasteiger partial charge in [-0.15, -0.1) is 11.8 Å². The Kier molecular flexibility index (Phi) is 3.84. The SMILES string of the molecule is Fc1cccc2c1SCCC2NCCn1ccnc1. The number of thioether (sulfide) groups is 1. The number of hydrogen-bond donors (Lipinski definition) is 1. The minimum atomic E-state index is -0.0939. The van der Waals surface area contributed by atoms with Crippen molar-refractivity contribution in [3.8, 4) is 0 Å². The summed E-state index contributed by atoms with van der Waals surface area (Å²) in [5.74, 6) is 0.875. The number of rotatable bonds is 4. The van der Waals surface area contributed by atoms with E-state index in [2.05, 4.69) is 10.3 Å². The molecule has 1 N–H and O–H groups in total. The number of fused-ring (bicyclic) bond motifs is 1. The van der Waals surface area contributed by atoms with Crippen molar-refractivity contribution in [1.29, 1.82) is 0 Å². The molecule has 0 spiro atoms. The molecule has 2 aromatic rings. The minimum absolute atomic E-state index is 0.0939. The van der Waals surface area contributed by atoms with Gasteiger partial charge in [0, 0.05) is 36.4 Å². The predicted molar refractivity (Wildman–Crippen MR) is 74.7 cm³/mol. The van der Waals surface area contributed by atoms with E-state index in [0.29, 0.717) is 0 Å². The largest absolute Gasteiger partial charge is 0.336 e. The smallest absolute Gasteiger partial charge is 0.137 e. The molecule has 5 heteroatoms. The van der Waals surface area contributed by atoms with E-state index in [0.717, 1.165) is 35.7 Å². The van der Waals surface area contributed by atoms with Crippen molar-refractivity contribution < 1.29 is 4.39 Å². The van der Waals surface area contributed by atoms with Crippen LogP contribution in [0.4, 0.5) is 4.39 Å². The first-order valence-corrected chi connectivity index (χ1v) is 7.43. The first kappa shape index (κ1) is 12.7. The monoisotopic (exact) mass is 277 g/mol.